The fourth-order valence-corrected chi connectivity index (χ4v) is 2.27. The molecule has 8 heteroatoms. The van der Waals surface area contributed by atoms with Crippen molar-refractivity contribution in [2.24, 2.45) is 0 Å². The number of anilines is 1. The third kappa shape index (κ3) is 2.02. The van der Waals surface area contributed by atoms with E-state index in [0.717, 1.165) is 11.8 Å². The molecule has 1 aromatic rings. The fourth-order valence-electron chi connectivity index (χ4n) is 1.35. The molecule has 86 valence electrons. The number of carboxylic acid groups (broad SMARTS) is 1. The molecule has 0 aliphatic carbocycles. The van der Waals surface area contributed by atoms with E-state index in [4.69, 9.17) is 10.5 Å². The Labute approximate surface area is 94.2 Å². The molecular weight excluding hydrogens is 234 g/mol. The van der Waals surface area contributed by atoms with E-state index in [2.05, 4.69) is 4.98 Å². The van der Waals surface area contributed by atoms with Crippen LogP contribution in [0.4, 0.5) is 5.82 Å². The predicted octanol–water partition coefficient (Wildman–Crippen LogP) is -2.42. The van der Waals surface area contributed by atoms with Crippen molar-refractivity contribution in [1.82, 2.24) is 4.98 Å². The first-order valence-corrected chi connectivity index (χ1v) is 5.50. The lowest BCUT2D eigenvalue weighted by Gasteiger charge is -2.10. The van der Waals surface area contributed by atoms with Crippen LogP contribution in [0.25, 0.3) is 0 Å². The Kier molecular flexibility index (Phi) is 2.84. The van der Waals surface area contributed by atoms with Gasteiger partial charge in [0.1, 0.15) is 11.6 Å². The van der Waals surface area contributed by atoms with Crippen LogP contribution in [0.2, 0.25) is 0 Å². The first-order chi connectivity index (χ1) is 7.58. The third-order valence-electron chi connectivity index (χ3n) is 2.07. The summed E-state index contributed by atoms with van der Waals surface area (Å²) in [6.07, 6.45) is 0.842. The number of nitrogen functional groups attached to an aromatic ring is 1. The van der Waals surface area contributed by atoms with Crippen LogP contribution in [-0.4, -0.2) is 22.1 Å². The van der Waals surface area contributed by atoms with Crippen LogP contribution in [0.15, 0.2) is 17.1 Å². The largest absolute Gasteiger partial charge is 0.546 e. The molecule has 2 heterocycles. The van der Waals surface area contributed by atoms with Gasteiger partial charge in [0.15, 0.2) is 5.82 Å². The van der Waals surface area contributed by atoms with Crippen molar-refractivity contribution in [3.63, 3.8) is 0 Å². The molecule has 2 rings (SSSR count). The number of aromatic nitrogens is 2. The second kappa shape index (κ2) is 4.14. The molecule has 0 amide bonds. The molecular formula is C8H9N3O4S. The van der Waals surface area contributed by atoms with E-state index in [1.807, 2.05) is 0 Å². The first-order valence-electron chi connectivity index (χ1n) is 4.46. The molecule has 0 bridgehead atoms. The van der Waals surface area contributed by atoms with Gasteiger partial charge >= 0.3 is 5.69 Å². The Hall–Kier alpha value is -1.54. The number of hydrogen-bond donors (Lipinski definition) is 2. The fraction of sp³-hybridized carbons (Fsp3) is 0.375. The molecule has 16 heavy (non-hydrogen) atoms. The van der Waals surface area contributed by atoms with Crippen LogP contribution in [0, 0.1) is 0 Å². The number of nitrogens with two attached hydrogens (primary N) is 1. The van der Waals surface area contributed by atoms with E-state index in [1.165, 1.54) is 16.8 Å². The lowest BCUT2D eigenvalue weighted by molar-refractivity contribution is -0.770. The second-order valence-electron chi connectivity index (χ2n) is 3.18. The number of rotatable bonds is 2. The van der Waals surface area contributed by atoms with Crippen LogP contribution < -0.4 is 21.1 Å². The van der Waals surface area contributed by atoms with Crippen molar-refractivity contribution in [3.05, 3.63) is 22.7 Å². The summed E-state index contributed by atoms with van der Waals surface area (Å²) in [5.41, 5.74) is 3.91. The summed E-state index contributed by atoms with van der Waals surface area (Å²) in [6.45, 7) is 0. The van der Waals surface area contributed by atoms with Crippen LogP contribution in [0.1, 0.15) is 6.23 Å². The number of ether oxygens (including phenoxy) is 1. The third-order valence-corrected chi connectivity index (χ3v) is 3.16. The molecule has 1 aliphatic rings. The Morgan fingerprint density at radius 2 is 2.50 bits per heavy atom. The van der Waals surface area contributed by atoms with Gasteiger partial charge in [0.2, 0.25) is 6.23 Å². The van der Waals surface area contributed by atoms with E-state index in [0.29, 0.717) is 5.75 Å². The van der Waals surface area contributed by atoms with Crippen LogP contribution >= 0.6 is 11.8 Å². The van der Waals surface area contributed by atoms with E-state index in [1.54, 1.807) is 0 Å². The van der Waals surface area contributed by atoms with Gasteiger partial charge in [-0.15, -0.1) is 11.8 Å². The molecule has 1 aliphatic heterocycles. The van der Waals surface area contributed by atoms with Crippen molar-refractivity contribution < 1.29 is 19.2 Å². The topological polar surface area (TPSA) is 112 Å². The molecule has 0 saturated carbocycles. The van der Waals surface area contributed by atoms with Crippen LogP contribution in [0.5, 0.6) is 0 Å². The number of aliphatic carboxylic acids is 1. The number of thioether (sulfide) groups is 1. The number of nitrogens with zero attached hydrogens (tertiary/aromatic N) is 1. The van der Waals surface area contributed by atoms with Crippen LogP contribution in [0.3, 0.4) is 0 Å². The molecule has 0 aromatic carbocycles. The number of aromatic amines is 1. The van der Waals surface area contributed by atoms with Gasteiger partial charge in [-0.1, -0.05) is 0 Å². The Balaban J connectivity index is 2.21. The minimum Gasteiger partial charge on any atom is -0.546 e. The Morgan fingerprint density at radius 1 is 1.75 bits per heavy atom. The van der Waals surface area contributed by atoms with Gasteiger partial charge in [0.25, 0.3) is 0 Å². The van der Waals surface area contributed by atoms with E-state index < -0.39 is 23.3 Å². The van der Waals surface area contributed by atoms with Gasteiger partial charge in [0, 0.05) is 6.07 Å². The Morgan fingerprint density at radius 3 is 3.06 bits per heavy atom. The molecule has 2 unspecified atom stereocenters. The monoisotopic (exact) mass is 243 g/mol. The van der Waals surface area contributed by atoms with E-state index in [-0.39, 0.29) is 5.82 Å². The number of nitrogens with one attached hydrogen (secondary N) is 1. The molecule has 7 nitrogen and oxygen atoms in total. The maximum Gasteiger partial charge on any atom is 0.499 e. The highest BCUT2D eigenvalue weighted by atomic mass is 32.2. The van der Waals surface area contributed by atoms with Gasteiger partial charge in [-0.25, -0.2) is 0 Å². The normalized spacial score (nSPS) is 24.5. The summed E-state index contributed by atoms with van der Waals surface area (Å²) < 4.78 is 6.39. The van der Waals surface area contributed by atoms with Gasteiger partial charge in [-0.3, -0.25) is 0 Å². The average molecular weight is 243 g/mol. The minimum absolute atomic E-state index is 0.239. The molecule has 1 aromatic heterocycles. The smallest absolute Gasteiger partial charge is 0.499 e. The summed E-state index contributed by atoms with van der Waals surface area (Å²) >= 11 is 1.08. The molecule has 2 atom stereocenters. The zero-order valence-electron chi connectivity index (χ0n) is 8.08. The zero-order chi connectivity index (χ0) is 11.7. The Bertz CT molecular complexity index is 475. The SMILES string of the molecule is Nc1cc[n+](C2CSC(C(=O)[O-])O2)c(=O)[nH]1. The quantitative estimate of drug-likeness (QED) is 0.559. The molecule has 0 spiro atoms. The number of carboxylic acids is 1. The average Bonchev–Trinajstić information content (AvgIpc) is 2.66. The summed E-state index contributed by atoms with van der Waals surface area (Å²) in [6, 6.07) is 1.50. The van der Waals surface area contributed by atoms with E-state index >= 15 is 0 Å². The van der Waals surface area contributed by atoms with Crippen molar-refractivity contribution in [2.75, 3.05) is 11.5 Å². The number of carbonyl (C=O) groups excluding carboxylic acids is 1. The second-order valence-corrected chi connectivity index (χ2v) is 4.28. The summed E-state index contributed by atoms with van der Waals surface area (Å²) in [4.78, 5) is 24.4. The summed E-state index contributed by atoms with van der Waals surface area (Å²) in [7, 11) is 0. The number of H-pyrrole nitrogens is 1. The van der Waals surface area contributed by atoms with Crippen molar-refractivity contribution >= 4 is 23.5 Å². The number of carbonyl (C=O) groups is 1. The maximum atomic E-state index is 11.5. The van der Waals surface area contributed by atoms with E-state index in [9.17, 15) is 14.7 Å². The van der Waals surface area contributed by atoms with Gasteiger partial charge in [0.05, 0.1) is 11.7 Å². The van der Waals surface area contributed by atoms with Crippen molar-refractivity contribution in [2.45, 2.75) is 11.7 Å². The van der Waals surface area contributed by atoms with Crippen LogP contribution in [-0.2, 0) is 9.53 Å². The summed E-state index contributed by atoms with van der Waals surface area (Å²) in [5, 5.41) is 10.5. The molecule has 1 saturated heterocycles. The molecule has 1 fully saturated rings. The predicted molar refractivity (Wildman–Crippen MR) is 53.0 cm³/mol. The van der Waals surface area contributed by atoms with Gasteiger partial charge in [-0.05, 0) is 0 Å². The van der Waals surface area contributed by atoms with Gasteiger partial charge < -0.3 is 20.4 Å². The summed E-state index contributed by atoms with van der Waals surface area (Å²) in [5.74, 6) is -0.681. The highest BCUT2D eigenvalue weighted by Crippen LogP contribution is 2.27. The zero-order valence-corrected chi connectivity index (χ0v) is 8.90. The maximum absolute atomic E-state index is 11.5. The minimum atomic E-state index is -1.29. The first kappa shape index (κ1) is 11.0. The molecule has 0 radical (unpaired) electrons. The van der Waals surface area contributed by atoms with Crippen molar-refractivity contribution in [3.8, 4) is 0 Å². The standard InChI is InChI=1S/C8H9N3O4S/c9-4-1-2-11(8(14)10-4)5-3-16-7(15-5)6(12)13/h1-2,5,7H,3H2,(H3,9,10,12,13,14). The lowest BCUT2D eigenvalue weighted by Crippen LogP contribution is -2.55. The lowest BCUT2D eigenvalue weighted by atomic mass is 10.5. The van der Waals surface area contributed by atoms with Gasteiger partial charge in [-0.2, -0.15) is 14.3 Å². The molecule has 3 N–H and O–H groups in total. The number of hydrogen-bond acceptors (Lipinski definition) is 6. The highest BCUT2D eigenvalue weighted by Gasteiger charge is 2.32. The highest BCUT2D eigenvalue weighted by molar-refractivity contribution is 8.00. The van der Waals surface area contributed by atoms with Crippen molar-refractivity contribution in [1.29, 1.82) is 0 Å².